The second kappa shape index (κ2) is 5.38. The summed E-state index contributed by atoms with van der Waals surface area (Å²) >= 11 is 0. The summed E-state index contributed by atoms with van der Waals surface area (Å²) in [4.78, 5) is 22.2. The van der Waals surface area contributed by atoms with Crippen molar-refractivity contribution in [2.45, 2.75) is 58.1 Å². The molecule has 0 aliphatic heterocycles. The maximum absolute atomic E-state index is 11.5. The van der Waals surface area contributed by atoms with Gasteiger partial charge in [0.25, 0.3) is 0 Å². The third kappa shape index (κ3) is 6.81. The minimum absolute atomic E-state index is 0.0459. The van der Waals surface area contributed by atoms with Crippen molar-refractivity contribution in [1.82, 2.24) is 5.32 Å². The first-order valence-corrected chi connectivity index (χ1v) is 5.97. The Morgan fingerprint density at radius 3 is 2.41 bits per heavy atom. The molecule has 1 aliphatic rings. The summed E-state index contributed by atoms with van der Waals surface area (Å²) in [6.45, 7) is 5.33. The van der Waals surface area contributed by atoms with E-state index in [9.17, 15) is 9.59 Å². The fraction of sp³-hybridized carbons (Fsp3) is 0.833. The lowest BCUT2D eigenvalue weighted by Crippen LogP contribution is -2.40. The molecule has 0 aromatic heterocycles. The Balaban J connectivity index is 2.40. The summed E-state index contributed by atoms with van der Waals surface area (Å²) in [5.41, 5.74) is -0.558. The molecule has 1 saturated carbocycles. The van der Waals surface area contributed by atoms with Crippen molar-refractivity contribution >= 4 is 12.1 Å². The number of hydrogen-bond donors (Lipinski definition) is 2. The van der Waals surface area contributed by atoms with Crippen LogP contribution in [0.5, 0.6) is 0 Å². The monoisotopic (exact) mass is 243 g/mol. The van der Waals surface area contributed by atoms with Gasteiger partial charge in [-0.05, 0) is 33.1 Å². The van der Waals surface area contributed by atoms with Crippen molar-refractivity contribution in [3.63, 3.8) is 0 Å². The molecule has 0 aromatic rings. The average molecular weight is 243 g/mol. The highest BCUT2D eigenvalue weighted by atomic mass is 16.6. The number of alkyl carbamates (subject to hydrolysis) is 1. The summed E-state index contributed by atoms with van der Waals surface area (Å²) in [7, 11) is 0. The molecule has 5 heteroatoms. The van der Waals surface area contributed by atoms with Gasteiger partial charge in [0.2, 0.25) is 0 Å². The molecule has 0 heterocycles. The predicted molar refractivity (Wildman–Crippen MR) is 62.8 cm³/mol. The Bertz CT molecular complexity index is 291. The molecular weight excluding hydrogens is 222 g/mol. The van der Waals surface area contributed by atoms with Gasteiger partial charge in [-0.2, -0.15) is 0 Å². The lowest BCUT2D eigenvalue weighted by molar-refractivity contribution is -0.137. The Morgan fingerprint density at radius 2 is 2.00 bits per heavy atom. The Kier molecular flexibility index (Phi) is 4.37. The highest BCUT2D eigenvalue weighted by Gasteiger charge is 2.28. The van der Waals surface area contributed by atoms with Crippen molar-refractivity contribution in [3.8, 4) is 0 Å². The smallest absolute Gasteiger partial charge is 0.407 e. The van der Waals surface area contributed by atoms with Crippen LogP contribution in [0.15, 0.2) is 0 Å². The van der Waals surface area contributed by atoms with Gasteiger partial charge < -0.3 is 15.2 Å². The number of amides is 1. The molecule has 1 aliphatic carbocycles. The third-order valence-electron chi connectivity index (χ3n) is 2.46. The normalized spacial score (nSPS) is 17.4. The number of rotatable bonds is 5. The van der Waals surface area contributed by atoms with Crippen LogP contribution < -0.4 is 5.32 Å². The average Bonchev–Trinajstić information content (AvgIpc) is 2.81. The van der Waals surface area contributed by atoms with Gasteiger partial charge in [-0.15, -0.1) is 0 Å². The number of carbonyl (C=O) groups is 2. The second-order valence-electron chi connectivity index (χ2n) is 5.62. The molecule has 1 amide bonds. The molecule has 0 saturated heterocycles. The minimum atomic E-state index is -0.897. The molecular formula is C12H21NO4. The van der Waals surface area contributed by atoms with Crippen molar-refractivity contribution in [2.75, 3.05) is 0 Å². The molecule has 0 spiro atoms. The van der Waals surface area contributed by atoms with E-state index < -0.39 is 17.7 Å². The molecule has 0 aromatic carbocycles. The SMILES string of the molecule is CC(C)(C)OC(=O)N[C@@H](CC(=O)O)CC1CC1. The first kappa shape index (κ1) is 13.8. The molecule has 0 bridgehead atoms. The highest BCUT2D eigenvalue weighted by Crippen LogP contribution is 2.34. The van der Waals surface area contributed by atoms with Crippen LogP contribution in [0.1, 0.15) is 46.5 Å². The van der Waals surface area contributed by atoms with Crippen LogP contribution in [0.2, 0.25) is 0 Å². The lowest BCUT2D eigenvalue weighted by Gasteiger charge is -2.23. The van der Waals surface area contributed by atoms with Crippen molar-refractivity contribution in [3.05, 3.63) is 0 Å². The van der Waals surface area contributed by atoms with Crippen LogP contribution >= 0.6 is 0 Å². The van der Waals surface area contributed by atoms with Gasteiger partial charge in [0.05, 0.1) is 6.42 Å². The number of carboxylic acids is 1. The zero-order chi connectivity index (χ0) is 13.1. The van der Waals surface area contributed by atoms with Crippen LogP contribution in [-0.4, -0.2) is 28.8 Å². The van der Waals surface area contributed by atoms with Crippen LogP contribution in [0.3, 0.4) is 0 Å². The summed E-state index contributed by atoms with van der Waals surface area (Å²) in [5, 5.41) is 11.4. The third-order valence-corrected chi connectivity index (χ3v) is 2.46. The largest absolute Gasteiger partial charge is 0.481 e. The van der Waals surface area contributed by atoms with Gasteiger partial charge >= 0.3 is 12.1 Å². The molecule has 1 fully saturated rings. The zero-order valence-electron chi connectivity index (χ0n) is 10.7. The van der Waals surface area contributed by atoms with E-state index in [0.717, 1.165) is 19.3 Å². The zero-order valence-corrected chi connectivity index (χ0v) is 10.7. The van der Waals surface area contributed by atoms with E-state index in [4.69, 9.17) is 9.84 Å². The van der Waals surface area contributed by atoms with Crippen molar-refractivity contribution in [1.29, 1.82) is 0 Å². The summed E-state index contributed by atoms with van der Waals surface area (Å²) in [6.07, 6.45) is 2.41. The van der Waals surface area contributed by atoms with E-state index in [0.29, 0.717) is 5.92 Å². The number of hydrogen-bond acceptors (Lipinski definition) is 3. The maximum atomic E-state index is 11.5. The second-order valence-corrected chi connectivity index (χ2v) is 5.62. The van der Waals surface area contributed by atoms with Gasteiger partial charge in [0.1, 0.15) is 5.60 Å². The first-order valence-electron chi connectivity index (χ1n) is 5.97. The standard InChI is InChI=1S/C12H21NO4/c1-12(2,3)17-11(16)13-9(7-10(14)15)6-8-4-5-8/h8-9H,4-7H2,1-3H3,(H,13,16)(H,14,15)/t9-/m1/s1. The molecule has 98 valence electrons. The predicted octanol–water partition coefficient (Wildman–Crippen LogP) is 2.15. The molecule has 2 N–H and O–H groups in total. The summed E-state index contributed by atoms with van der Waals surface area (Å²) in [5.74, 6) is -0.332. The summed E-state index contributed by atoms with van der Waals surface area (Å²) in [6, 6.07) is -0.324. The van der Waals surface area contributed by atoms with E-state index in [1.807, 2.05) is 0 Å². The topological polar surface area (TPSA) is 75.6 Å². The van der Waals surface area contributed by atoms with Crippen molar-refractivity contribution in [2.24, 2.45) is 5.92 Å². The molecule has 5 nitrogen and oxygen atoms in total. The molecule has 0 unspecified atom stereocenters. The number of carbonyl (C=O) groups excluding carboxylic acids is 1. The van der Waals surface area contributed by atoms with E-state index in [1.54, 1.807) is 20.8 Å². The quantitative estimate of drug-likeness (QED) is 0.775. The van der Waals surface area contributed by atoms with E-state index in [1.165, 1.54) is 0 Å². The minimum Gasteiger partial charge on any atom is -0.481 e. The van der Waals surface area contributed by atoms with E-state index in [-0.39, 0.29) is 12.5 Å². The molecule has 1 atom stereocenters. The van der Waals surface area contributed by atoms with E-state index in [2.05, 4.69) is 5.32 Å². The van der Waals surface area contributed by atoms with Crippen LogP contribution in [0.25, 0.3) is 0 Å². The van der Waals surface area contributed by atoms with E-state index >= 15 is 0 Å². The molecule has 0 radical (unpaired) electrons. The lowest BCUT2D eigenvalue weighted by atomic mass is 10.1. The maximum Gasteiger partial charge on any atom is 0.407 e. The van der Waals surface area contributed by atoms with Crippen molar-refractivity contribution < 1.29 is 19.4 Å². The number of nitrogens with one attached hydrogen (secondary N) is 1. The van der Waals surface area contributed by atoms with Crippen LogP contribution in [0, 0.1) is 5.92 Å². The number of ether oxygens (including phenoxy) is 1. The highest BCUT2D eigenvalue weighted by molar-refractivity contribution is 5.71. The van der Waals surface area contributed by atoms with Gasteiger partial charge in [0.15, 0.2) is 0 Å². The summed E-state index contributed by atoms with van der Waals surface area (Å²) < 4.78 is 5.11. The first-order chi connectivity index (χ1) is 7.76. The van der Waals surface area contributed by atoms with Gasteiger partial charge in [-0.1, -0.05) is 12.8 Å². The number of aliphatic carboxylic acids is 1. The fourth-order valence-electron chi connectivity index (χ4n) is 1.63. The van der Waals surface area contributed by atoms with Gasteiger partial charge in [-0.25, -0.2) is 4.79 Å². The Labute approximate surface area is 102 Å². The fourth-order valence-corrected chi connectivity index (χ4v) is 1.63. The van der Waals surface area contributed by atoms with Crippen LogP contribution in [-0.2, 0) is 9.53 Å². The Hall–Kier alpha value is -1.26. The molecule has 17 heavy (non-hydrogen) atoms. The molecule has 1 rings (SSSR count). The van der Waals surface area contributed by atoms with Gasteiger partial charge in [0, 0.05) is 6.04 Å². The Morgan fingerprint density at radius 1 is 1.41 bits per heavy atom. The van der Waals surface area contributed by atoms with Gasteiger partial charge in [-0.3, -0.25) is 4.79 Å². The van der Waals surface area contributed by atoms with Crippen LogP contribution in [0.4, 0.5) is 4.79 Å². The number of carboxylic acid groups (broad SMARTS) is 1.